The number of carbonyl (C=O) groups is 5. The minimum atomic E-state index is -5.15. The van der Waals surface area contributed by atoms with Gasteiger partial charge in [-0.3, -0.25) is 19.3 Å². The van der Waals surface area contributed by atoms with Gasteiger partial charge < -0.3 is 63.4 Å². The maximum Gasteiger partial charge on any atom is 3.00 e. The van der Waals surface area contributed by atoms with E-state index in [9.17, 15) is 59.0 Å². The van der Waals surface area contributed by atoms with E-state index in [1.165, 1.54) is 0 Å². The molecule has 2 atom stereocenters. The molecule has 17 nitrogen and oxygen atoms in total. The number of hydrogen-bond donors (Lipinski definition) is 0. The molecule has 0 bridgehead atoms. The summed E-state index contributed by atoms with van der Waals surface area (Å²) in [5.74, 6) is -8.46. The Balaban J connectivity index is 0. The van der Waals surface area contributed by atoms with Crippen LogP contribution in [0.15, 0.2) is 60.7 Å². The van der Waals surface area contributed by atoms with Crippen molar-refractivity contribution in [2.45, 2.75) is 43.2 Å². The van der Waals surface area contributed by atoms with Gasteiger partial charge in [0.25, 0.3) is 7.82 Å². The van der Waals surface area contributed by atoms with Gasteiger partial charge in [-0.2, -0.15) is 0 Å². The third kappa shape index (κ3) is 20.8. The quantitative estimate of drug-likeness (QED) is 0.0739. The molecule has 1 unspecified atom stereocenters. The fourth-order valence-electron chi connectivity index (χ4n) is 6.34. The van der Waals surface area contributed by atoms with Gasteiger partial charge in [0, 0.05) is 63.8 Å². The van der Waals surface area contributed by atoms with Crippen LogP contribution in [0.2, 0.25) is 0 Å². The van der Waals surface area contributed by atoms with E-state index in [0.29, 0.717) is 25.7 Å². The second kappa shape index (κ2) is 28.6. The summed E-state index contributed by atoms with van der Waals surface area (Å²) >= 11 is 0. The van der Waals surface area contributed by atoms with Crippen molar-refractivity contribution in [3.63, 3.8) is 0 Å². The molecule has 0 heterocycles. The molecule has 0 aromatic heterocycles. The molecule has 0 spiro atoms. The van der Waals surface area contributed by atoms with Crippen LogP contribution in [0.3, 0.4) is 0 Å². The first-order chi connectivity index (χ1) is 24.1. The van der Waals surface area contributed by atoms with Gasteiger partial charge in [-0.15, -0.1) is 0 Å². The predicted octanol–water partition coefficient (Wildman–Crippen LogP) is -14.5. The molecule has 1 aliphatic carbocycles. The Morgan fingerprint density at radius 3 is 1.45 bits per heavy atom. The molecule has 0 N–H and O–H groups in total. The molecular weight excluding hydrogens is 920 g/mol. The SMILES string of the molecule is O=C([O-])CN(CCN(CC(=O)[O-])C[C@H](COP(=O)([O-])OC1CCC(c2ccccc2)(c2ccccc2)CC1)N(CC(=O)[O-])CC(=O)[O-])CC(=O)[O-].[Gd+3].[Na+].[Na+].[Na+]. The molecule has 55 heavy (non-hydrogen) atoms. The Kier molecular flexibility index (Phi) is 29.7. The summed E-state index contributed by atoms with van der Waals surface area (Å²) < 4.78 is 23.7. The minimum absolute atomic E-state index is 0. The van der Waals surface area contributed by atoms with Crippen molar-refractivity contribution >= 4 is 37.7 Å². The van der Waals surface area contributed by atoms with Gasteiger partial charge >= 0.3 is 129 Å². The molecule has 0 aliphatic heterocycles. The summed E-state index contributed by atoms with van der Waals surface area (Å²) in [7, 11) is -5.15. The van der Waals surface area contributed by atoms with Crippen molar-refractivity contribution in [1.29, 1.82) is 0 Å². The molecule has 1 saturated carbocycles. The van der Waals surface area contributed by atoms with E-state index in [2.05, 4.69) is 0 Å². The van der Waals surface area contributed by atoms with Crippen molar-refractivity contribution in [3.8, 4) is 0 Å². The number of rotatable bonds is 23. The van der Waals surface area contributed by atoms with Crippen LogP contribution in [0.25, 0.3) is 0 Å². The first kappa shape index (κ1) is 57.2. The van der Waals surface area contributed by atoms with Crippen LogP contribution in [0, 0.1) is 39.9 Å². The smallest absolute Gasteiger partial charge is 0.756 e. The number of phosphoric acid groups is 1. The summed E-state index contributed by atoms with van der Waals surface area (Å²) in [6, 6.07) is 18.1. The molecule has 0 amide bonds. The second-order valence-electron chi connectivity index (χ2n) is 12.2. The van der Waals surface area contributed by atoms with Gasteiger partial charge in [0.15, 0.2) is 0 Å². The largest absolute Gasteiger partial charge is 3.00 e. The molecule has 1 aliphatic rings. The number of carbonyl (C=O) groups excluding carboxylic acids is 5. The van der Waals surface area contributed by atoms with E-state index < -0.39 is 101 Å². The Labute approximate surface area is 417 Å². The first-order valence-electron chi connectivity index (χ1n) is 16.0. The number of benzene rings is 2. The first-order valence-corrected chi connectivity index (χ1v) is 17.5. The minimum Gasteiger partial charge on any atom is -0.756 e. The summed E-state index contributed by atoms with van der Waals surface area (Å²) in [4.78, 5) is 72.4. The van der Waals surface area contributed by atoms with E-state index in [-0.39, 0.29) is 142 Å². The Morgan fingerprint density at radius 2 is 1.05 bits per heavy atom. The number of hydrogen-bond acceptors (Lipinski definition) is 17. The molecule has 285 valence electrons. The number of carboxylic acids is 5. The van der Waals surface area contributed by atoms with Gasteiger partial charge in [-0.25, -0.2) is 0 Å². The van der Waals surface area contributed by atoms with Crippen molar-refractivity contribution in [3.05, 3.63) is 71.8 Å². The van der Waals surface area contributed by atoms with E-state index >= 15 is 0 Å². The summed E-state index contributed by atoms with van der Waals surface area (Å²) in [5, 5.41) is 56.7. The maximum absolute atomic E-state index is 13.1. The van der Waals surface area contributed by atoms with Gasteiger partial charge in [0.05, 0.1) is 42.6 Å². The standard InChI is InChI=1S/C33H44N3O14P.Gd.3Na/c37-28(38)18-34(15-16-35(19-29(39)40)20-30(41)42)17-26(36(21-31(43)44)22-32(45)46)23-49-51(47,48)50-27-11-13-33(14-12-27,24-7-3-1-4-8-24)25-9-5-2-6-10-25;;;;/h1-10,26-27H,11-23H2,(H,37,38)(H,39,40)(H,41,42)(H,43,44)(H,45,46)(H,47,48);;;;/q;+3;3*+1/p-6/t26-;;;;/m1..../s1. The Morgan fingerprint density at radius 1 is 0.673 bits per heavy atom. The zero-order chi connectivity index (χ0) is 37.6. The van der Waals surface area contributed by atoms with Crippen LogP contribution in [-0.4, -0.2) is 116 Å². The summed E-state index contributed by atoms with van der Waals surface area (Å²) in [6.45, 7) is -6.98. The van der Waals surface area contributed by atoms with Crippen molar-refractivity contribution in [1.82, 2.24) is 14.7 Å². The number of nitrogens with zero attached hydrogens (tertiary/aromatic N) is 3. The number of carboxylic acid groups (broad SMARTS) is 5. The van der Waals surface area contributed by atoms with Crippen molar-refractivity contribution in [2.24, 2.45) is 0 Å². The van der Waals surface area contributed by atoms with Gasteiger partial charge in [-0.05, 0) is 36.8 Å². The van der Waals surface area contributed by atoms with Crippen LogP contribution in [0.1, 0.15) is 36.8 Å². The third-order valence-corrected chi connectivity index (χ3v) is 9.60. The average Bonchev–Trinajstić information content (AvgIpc) is 3.05. The van der Waals surface area contributed by atoms with Gasteiger partial charge in [-0.1, -0.05) is 60.7 Å². The fourth-order valence-corrected chi connectivity index (χ4v) is 7.33. The predicted molar refractivity (Wildman–Crippen MR) is 164 cm³/mol. The molecule has 2 aromatic rings. The third-order valence-electron chi connectivity index (χ3n) is 8.58. The average molecular weight is 958 g/mol. The van der Waals surface area contributed by atoms with E-state index in [1.807, 2.05) is 60.7 Å². The van der Waals surface area contributed by atoms with Crippen molar-refractivity contribution < 1.29 is 197 Å². The van der Waals surface area contributed by atoms with Crippen molar-refractivity contribution in [2.75, 3.05) is 59.0 Å². The van der Waals surface area contributed by atoms with E-state index in [0.717, 1.165) is 25.8 Å². The molecule has 3 rings (SSSR count). The molecule has 2 aromatic carbocycles. The Hall–Kier alpha value is 0.105. The molecule has 1 fully saturated rings. The fraction of sp³-hybridized carbons (Fsp3) is 0.485. The van der Waals surface area contributed by atoms with Gasteiger partial charge in [0.2, 0.25) is 0 Å². The zero-order valence-electron chi connectivity index (χ0n) is 31.0. The van der Waals surface area contributed by atoms with E-state index in [4.69, 9.17) is 9.05 Å². The second-order valence-corrected chi connectivity index (χ2v) is 13.6. The summed E-state index contributed by atoms with van der Waals surface area (Å²) in [6.07, 6.45) is 0.910. The topological polar surface area (TPSA) is 269 Å². The zero-order valence-corrected chi connectivity index (χ0v) is 40.1. The van der Waals surface area contributed by atoms with E-state index in [1.54, 1.807) is 0 Å². The summed E-state index contributed by atoms with van der Waals surface area (Å²) in [5.41, 5.74) is 1.71. The number of aliphatic carboxylic acids is 5. The van der Waals surface area contributed by atoms with Crippen LogP contribution >= 0.6 is 7.82 Å². The molecule has 22 heteroatoms. The van der Waals surface area contributed by atoms with Gasteiger partial charge in [0.1, 0.15) is 0 Å². The number of phosphoric ester groups is 1. The molecule has 0 saturated heterocycles. The van der Waals surface area contributed by atoms with Crippen LogP contribution in [0.4, 0.5) is 0 Å². The van der Waals surface area contributed by atoms with Crippen LogP contribution in [-0.2, 0) is 43.0 Å². The maximum atomic E-state index is 13.1. The Bertz CT molecular complexity index is 1470. The molecular formula is C33H38GdN3Na3O14P. The van der Waals surface area contributed by atoms with Crippen LogP contribution in [0.5, 0.6) is 0 Å². The normalized spacial score (nSPS) is 15.3. The van der Waals surface area contributed by atoms with Crippen LogP contribution < -0.4 is 119 Å². The monoisotopic (exact) mass is 958 g/mol. The molecule has 1 radical (unpaired) electrons.